The van der Waals surface area contributed by atoms with Crippen LogP contribution in [-0.2, 0) is 10.0 Å². The molecule has 1 nitrogen and oxygen atoms in total. The van der Waals surface area contributed by atoms with Gasteiger partial charge in [0.15, 0.2) is 0 Å². The smallest absolute Gasteiger partial charge is 0.211 e. The van der Waals surface area contributed by atoms with E-state index < -0.39 is 16.4 Å². The van der Waals surface area contributed by atoms with Gasteiger partial charge in [0.05, 0.1) is 13.7 Å². The van der Waals surface area contributed by atoms with E-state index in [1.54, 1.807) is 0 Å². The standard InChI is InChI=1S/C19H32OSi2/c1-10-21(6,7)18(3,4)19(5,20-22(8,9)11-2)17-15-13-12-14-16-17/h10-16H,1-2H2,3-9H3. The van der Waals surface area contributed by atoms with E-state index in [4.69, 9.17) is 4.43 Å². The summed E-state index contributed by atoms with van der Waals surface area (Å²) < 4.78 is 6.82. The Morgan fingerprint density at radius 1 is 0.909 bits per heavy atom. The summed E-state index contributed by atoms with van der Waals surface area (Å²) in [5.74, 6) is 0. The van der Waals surface area contributed by atoms with E-state index in [9.17, 15) is 0 Å². The van der Waals surface area contributed by atoms with Crippen molar-refractivity contribution in [2.75, 3.05) is 0 Å². The average molecular weight is 333 g/mol. The summed E-state index contributed by atoms with van der Waals surface area (Å²) >= 11 is 0. The second kappa shape index (κ2) is 6.30. The maximum Gasteiger partial charge on any atom is 0.211 e. The molecule has 0 saturated carbocycles. The Morgan fingerprint density at radius 3 is 1.82 bits per heavy atom. The van der Waals surface area contributed by atoms with Crippen molar-refractivity contribution >= 4 is 16.4 Å². The SMILES string of the molecule is C=C[Si](C)(C)OC(C)(c1ccccc1)C(C)(C)[Si](C)(C)C=C. The minimum atomic E-state index is -1.95. The molecule has 3 heteroatoms. The van der Waals surface area contributed by atoms with Crippen molar-refractivity contribution in [1.82, 2.24) is 0 Å². The van der Waals surface area contributed by atoms with Crippen LogP contribution >= 0.6 is 0 Å². The van der Waals surface area contributed by atoms with Crippen LogP contribution in [0, 0.1) is 0 Å². The van der Waals surface area contributed by atoms with Crippen LogP contribution in [0.1, 0.15) is 26.3 Å². The molecule has 1 rings (SSSR count). The summed E-state index contributed by atoms with van der Waals surface area (Å²) in [5, 5.41) is -0.00359. The molecule has 0 fully saturated rings. The maximum absolute atomic E-state index is 6.82. The van der Waals surface area contributed by atoms with Gasteiger partial charge < -0.3 is 4.43 Å². The zero-order chi connectivity index (χ0) is 17.2. The average Bonchev–Trinajstić information content (AvgIpc) is 2.47. The minimum absolute atomic E-state index is 0.00359. The Balaban J connectivity index is 3.54. The summed E-state index contributed by atoms with van der Waals surface area (Å²) in [6, 6.07) is 10.6. The quantitative estimate of drug-likeness (QED) is 0.551. The monoisotopic (exact) mass is 332 g/mol. The molecule has 0 bridgehead atoms. The first-order valence-electron chi connectivity index (χ1n) is 7.96. The molecule has 0 spiro atoms. The second-order valence-electron chi connectivity index (χ2n) is 7.86. The summed E-state index contributed by atoms with van der Waals surface area (Å²) in [5.41, 5.74) is 5.08. The third kappa shape index (κ3) is 3.37. The normalized spacial score (nSPS) is 16.0. The Labute approximate surface area is 139 Å². The van der Waals surface area contributed by atoms with E-state index in [-0.39, 0.29) is 10.6 Å². The van der Waals surface area contributed by atoms with Gasteiger partial charge in [-0.2, -0.15) is 0 Å². The summed E-state index contributed by atoms with van der Waals surface area (Å²) in [4.78, 5) is 0. The van der Waals surface area contributed by atoms with Gasteiger partial charge in [-0.3, -0.25) is 0 Å². The van der Waals surface area contributed by atoms with Gasteiger partial charge in [-0.25, -0.2) is 0 Å². The van der Waals surface area contributed by atoms with Gasteiger partial charge in [0.2, 0.25) is 8.32 Å². The van der Waals surface area contributed by atoms with Gasteiger partial charge in [-0.05, 0) is 30.6 Å². The predicted molar refractivity (Wildman–Crippen MR) is 104 cm³/mol. The van der Waals surface area contributed by atoms with Crippen molar-refractivity contribution in [3.8, 4) is 0 Å². The zero-order valence-electron chi connectivity index (χ0n) is 15.4. The number of hydrogen-bond donors (Lipinski definition) is 0. The maximum atomic E-state index is 6.82. The molecule has 0 aliphatic carbocycles. The van der Waals surface area contributed by atoms with E-state index in [1.165, 1.54) is 5.56 Å². The largest absolute Gasteiger partial charge is 0.404 e. The number of rotatable bonds is 7. The molecule has 1 aromatic rings. The molecule has 0 heterocycles. The molecular formula is C19H32OSi2. The first-order chi connectivity index (χ1) is 9.93. The molecule has 0 radical (unpaired) electrons. The lowest BCUT2D eigenvalue weighted by Gasteiger charge is -2.54. The molecule has 122 valence electrons. The van der Waals surface area contributed by atoms with E-state index in [0.29, 0.717) is 0 Å². The van der Waals surface area contributed by atoms with Crippen LogP contribution in [0.4, 0.5) is 0 Å². The third-order valence-electron chi connectivity index (χ3n) is 5.60. The van der Waals surface area contributed by atoms with Crippen LogP contribution < -0.4 is 0 Å². The Hall–Kier alpha value is -0.906. The molecule has 0 saturated heterocycles. The van der Waals surface area contributed by atoms with Crippen LogP contribution in [0.5, 0.6) is 0 Å². The highest BCUT2D eigenvalue weighted by Gasteiger charge is 2.53. The second-order valence-corrected chi connectivity index (χ2v) is 16.8. The predicted octanol–water partition coefficient (Wildman–Crippen LogP) is 6.06. The number of hydrogen-bond acceptors (Lipinski definition) is 1. The van der Waals surface area contributed by atoms with Crippen LogP contribution in [0.25, 0.3) is 0 Å². The van der Waals surface area contributed by atoms with Crippen molar-refractivity contribution < 1.29 is 4.43 Å². The summed E-state index contributed by atoms with van der Waals surface area (Å²) in [6.45, 7) is 24.2. The fourth-order valence-corrected chi connectivity index (χ4v) is 6.29. The zero-order valence-corrected chi connectivity index (χ0v) is 17.4. The Kier molecular flexibility index (Phi) is 5.48. The molecule has 0 aliphatic rings. The van der Waals surface area contributed by atoms with E-state index in [2.05, 4.69) is 96.1 Å². The topological polar surface area (TPSA) is 9.23 Å². The lowest BCUT2D eigenvalue weighted by Crippen LogP contribution is -2.54. The fraction of sp³-hybridized carbons (Fsp3) is 0.474. The first-order valence-corrected chi connectivity index (χ1v) is 14.0. The minimum Gasteiger partial charge on any atom is -0.404 e. The van der Waals surface area contributed by atoms with Crippen LogP contribution in [0.2, 0.25) is 31.2 Å². The molecule has 1 atom stereocenters. The highest BCUT2D eigenvalue weighted by atomic mass is 28.4. The fourth-order valence-electron chi connectivity index (χ4n) is 2.74. The first kappa shape index (κ1) is 19.1. The number of benzene rings is 1. The van der Waals surface area contributed by atoms with Gasteiger partial charge in [0.25, 0.3) is 0 Å². The van der Waals surface area contributed by atoms with Gasteiger partial charge in [-0.15, -0.1) is 18.9 Å². The molecular weight excluding hydrogens is 300 g/mol. The highest BCUT2D eigenvalue weighted by Crippen LogP contribution is 2.55. The lowest BCUT2D eigenvalue weighted by molar-refractivity contribution is 0.0358. The third-order valence-corrected chi connectivity index (χ3v) is 12.2. The van der Waals surface area contributed by atoms with Crippen molar-refractivity contribution in [3.05, 3.63) is 60.5 Å². The molecule has 0 amide bonds. The lowest BCUT2D eigenvalue weighted by atomic mass is 9.84. The van der Waals surface area contributed by atoms with Gasteiger partial charge in [0.1, 0.15) is 0 Å². The summed E-state index contributed by atoms with van der Waals surface area (Å²) in [7, 11) is -3.65. The molecule has 0 aliphatic heterocycles. The Bertz CT molecular complexity index is 532. The van der Waals surface area contributed by atoms with Crippen LogP contribution in [0.3, 0.4) is 0 Å². The molecule has 0 aromatic heterocycles. The molecule has 0 N–H and O–H groups in total. The van der Waals surface area contributed by atoms with Gasteiger partial charge in [-0.1, -0.05) is 63.0 Å². The van der Waals surface area contributed by atoms with E-state index in [0.717, 1.165) is 0 Å². The van der Waals surface area contributed by atoms with Gasteiger partial charge in [0, 0.05) is 0 Å². The van der Waals surface area contributed by atoms with Crippen molar-refractivity contribution in [3.63, 3.8) is 0 Å². The van der Waals surface area contributed by atoms with E-state index in [1.807, 2.05) is 5.70 Å². The van der Waals surface area contributed by atoms with Crippen LogP contribution in [-0.4, -0.2) is 16.4 Å². The van der Waals surface area contributed by atoms with Gasteiger partial charge >= 0.3 is 0 Å². The van der Waals surface area contributed by atoms with Crippen molar-refractivity contribution in [1.29, 1.82) is 0 Å². The molecule has 22 heavy (non-hydrogen) atoms. The summed E-state index contributed by atoms with van der Waals surface area (Å²) in [6.07, 6.45) is 0. The van der Waals surface area contributed by atoms with E-state index >= 15 is 0 Å². The molecule has 1 unspecified atom stereocenters. The highest BCUT2D eigenvalue weighted by molar-refractivity contribution is 6.85. The molecule has 1 aromatic carbocycles. The Morgan fingerprint density at radius 2 is 1.41 bits per heavy atom. The van der Waals surface area contributed by atoms with Crippen LogP contribution in [0.15, 0.2) is 54.9 Å². The van der Waals surface area contributed by atoms with Crippen molar-refractivity contribution in [2.24, 2.45) is 0 Å². The van der Waals surface area contributed by atoms with Crippen molar-refractivity contribution in [2.45, 2.75) is 57.6 Å².